The zero-order chi connectivity index (χ0) is 15.7. The molecule has 1 aliphatic rings. The highest BCUT2D eigenvalue weighted by Gasteiger charge is 2.13. The van der Waals surface area contributed by atoms with Crippen molar-refractivity contribution in [3.05, 3.63) is 70.4 Å². The van der Waals surface area contributed by atoms with Crippen LogP contribution in [0, 0.1) is 27.7 Å². The summed E-state index contributed by atoms with van der Waals surface area (Å²) in [5, 5.41) is 2.02. The van der Waals surface area contributed by atoms with E-state index in [-0.39, 0.29) is 0 Å². The second kappa shape index (κ2) is 5.68. The summed E-state index contributed by atoms with van der Waals surface area (Å²) in [5.41, 5.74) is 11.5. The molecule has 112 valence electrons. The molecule has 3 heteroatoms. The van der Waals surface area contributed by atoms with E-state index in [0.29, 0.717) is 0 Å². The van der Waals surface area contributed by atoms with Gasteiger partial charge in [0.25, 0.3) is 0 Å². The SMILES string of the molecule is Cc1ccc(C2=CN(c3ccc(C)cc3C)NC=N2)c(C)c1. The zero-order valence-electron chi connectivity index (χ0n) is 13.5. The highest BCUT2D eigenvalue weighted by atomic mass is 15.5. The van der Waals surface area contributed by atoms with Crippen LogP contribution in [0.15, 0.2) is 47.6 Å². The number of aliphatic imine (C=N–C) groups is 1. The van der Waals surface area contributed by atoms with Gasteiger partial charge in [-0.1, -0.05) is 41.5 Å². The number of anilines is 1. The fraction of sp³-hybridized carbons (Fsp3) is 0.211. The molecule has 1 N–H and O–H groups in total. The Hall–Kier alpha value is -2.55. The lowest BCUT2D eigenvalue weighted by Gasteiger charge is -2.26. The van der Waals surface area contributed by atoms with Crippen molar-refractivity contribution in [2.24, 2.45) is 4.99 Å². The molecule has 3 rings (SSSR count). The van der Waals surface area contributed by atoms with Crippen molar-refractivity contribution in [1.29, 1.82) is 0 Å². The van der Waals surface area contributed by atoms with Gasteiger partial charge < -0.3 is 0 Å². The molecule has 0 saturated heterocycles. The van der Waals surface area contributed by atoms with Crippen LogP contribution in [-0.4, -0.2) is 6.34 Å². The van der Waals surface area contributed by atoms with E-state index in [1.165, 1.54) is 22.3 Å². The van der Waals surface area contributed by atoms with Crippen LogP contribution in [0.5, 0.6) is 0 Å². The average Bonchev–Trinajstić information content (AvgIpc) is 2.47. The van der Waals surface area contributed by atoms with Crippen LogP contribution in [0.2, 0.25) is 0 Å². The van der Waals surface area contributed by atoms with E-state index in [4.69, 9.17) is 0 Å². The highest BCUT2D eigenvalue weighted by Crippen LogP contribution is 2.26. The number of aryl methyl sites for hydroxylation is 4. The first-order valence-corrected chi connectivity index (χ1v) is 7.49. The summed E-state index contributed by atoms with van der Waals surface area (Å²) in [4.78, 5) is 4.50. The number of benzene rings is 2. The Morgan fingerprint density at radius 3 is 2.23 bits per heavy atom. The number of hydrazine groups is 1. The number of rotatable bonds is 2. The van der Waals surface area contributed by atoms with E-state index in [1.807, 2.05) is 5.01 Å². The largest absolute Gasteiger partial charge is 0.284 e. The minimum Gasteiger partial charge on any atom is -0.284 e. The molecular weight excluding hydrogens is 270 g/mol. The zero-order valence-corrected chi connectivity index (χ0v) is 13.5. The van der Waals surface area contributed by atoms with Gasteiger partial charge in [0.05, 0.1) is 17.6 Å². The normalized spacial score (nSPS) is 13.8. The Bertz CT molecular complexity index is 772. The van der Waals surface area contributed by atoms with Gasteiger partial charge in [-0.2, -0.15) is 0 Å². The van der Waals surface area contributed by atoms with Gasteiger partial charge in [-0.3, -0.25) is 10.4 Å². The third-order valence-electron chi connectivity index (χ3n) is 3.92. The van der Waals surface area contributed by atoms with E-state index in [9.17, 15) is 0 Å². The molecule has 0 fully saturated rings. The summed E-state index contributed by atoms with van der Waals surface area (Å²) in [5.74, 6) is 0. The lowest BCUT2D eigenvalue weighted by Crippen LogP contribution is -2.35. The predicted octanol–water partition coefficient (Wildman–Crippen LogP) is 4.27. The lowest BCUT2D eigenvalue weighted by molar-refractivity contribution is 0.921. The van der Waals surface area contributed by atoms with Crippen molar-refractivity contribution in [2.75, 3.05) is 5.01 Å². The first-order chi connectivity index (χ1) is 10.5. The molecule has 3 nitrogen and oxygen atoms in total. The van der Waals surface area contributed by atoms with Gasteiger partial charge in [-0.25, -0.2) is 4.99 Å². The van der Waals surface area contributed by atoms with Crippen LogP contribution >= 0.6 is 0 Å². The Labute approximate surface area is 132 Å². The molecule has 0 bridgehead atoms. The van der Waals surface area contributed by atoms with Gasteiger partial charge >= 0.3 is 0 Å². The third-order valence-corrected chi connectivity index (χ3v) is 3.92. The Morgan fingerprint density at radius 1 is 0.864 bits per heavy atom. The van der Waals surface area contributed by atoms with Crippen LogP contribution < -0.4 is 10.4 Å². The van der Waals surface area contributed by atoms with Gasteiger partial charge in [0.1, 0.15) is 6.34 Å². The quantitative estimate of drug-likeness (QED) is 0.894. The van der Waals surface area contributed by atoms with Crippen molar-refractivity contribution < 1.29 is 0 Å². The number of nitrogens with zero attached hydrogens (tertiary/aromatic N) is 2. The summed E-state index contributed by atoms with van der Waals surface area (Å²) < 4.78 is 0. The fourth-order valence-electron chi connectivity index (χ4n) is 2.81. The van der Waals surface area contributed by atoms with Crippen molar-refractivity contribution >= 4 is 17.7 Å². The first-order valence-electron chi connectivity index (χ1n) is 7.49. The minimum atomic E-state index is 0.969. The summed E-state index contributed by atoms with van der Waals surface area (Å²) in [7, 11) is 0. The third kappa shape index (κ3) is 2.75. The molecule has 22 heavy (non-hydrogen) atoms. The molecule has 0 amide bonds. The predicted molar refractivity (Wildman–Crippen MR) is 93.9 cm³/mol. The molecule has 0 radical (unpaired) electrons. The molecule has 0 atom stereocenters. The maximum Gasteiger partial charge on any atom is 0.108 e. The molecule has 0 aliphatic carbocycles. The molecule has 2 aromatic carbocycles. The number of hydrogen-bond donors (Lipinski definition) is 1. The van der Waals surface area contributed by atoms with Crippen molar-refractivity contribution in [2.45, 2.75) is 27.7 Å². The van der Waals surface area contributed by atoms with Crippen LogP contribution in [0.4, 0.5) is 5.69 Å². The maximum absolute atomic E-state index is 4.50. The van der Waals surface area contributed by atoms with Gasteiger partial charge in [-0.15, -0.1) is 0 Å². The molecule has 0 spiro atoms. The fourth-order valence-corrected chi connectivity index (χ4v) is 2.81. The van der Waals surface area contributed by atoms with E-state index >= 15 is 0 Å². The van der Waals surface area contributed by atoms with Gasteiger partial charge in [0.15, 0.2) is 0 Å². The second-order valence-corrected chi connectivity index (χ2v) is 5.88. The molecule has 1 heterocycles. The molecule has 0 saturated carbocycles. The van der Waals surface area contributed by atoms with Gasteiger partial charge in [0.2, 0.25) is 0 Å². The molecule has 0 aromatic heterocycles. The summed E-state index contributed by atoms with van der Waals surface area (Å²) >= 11 is 0. The Morgan fingerprint density at radius 2 is 1.55 bits per heavy atom. The summed E-state index contributed by atoms with van der Waals surface area (Å²) in [6.45, 7) is 8.47. The van der Waals surface area contributed by atoms with Crippen LogP contribution in [-0.2, 0) is 0 Å². The molecular formula is C19H21N3. The van der Waals surface area contributed by atoms with E-state index in [1.54, 1.807) is 6.34 Å². The smallest absolute Gasteiger partial charge is 0.108 e. The summed E-state index contributed by atoms with van der Waals surface area (Å²) in [6.07, 6.45) is 3.79. The standard InChI is InChI=1S/C19H21N3/c1-13-5-7-17(15(3)9-13)18-11-22(21-12-20-18)19-8-6-14(2)10-16(19)4/h5-12H,1-4H3,(H,20,21). The second-order valence-electron chi connectivity index (χ2n) is 5.88. The number of nitrogens with one attached hydrogen (secondary N) is 1. The Kier molecular flexibility index (Phi) is 3.72. The van der Waals surface area contributed by atoms with Crippen molar-refractivity contribution in [1.82, 2.24) is 5.43 Å². The van der Waals surface area contributed by atoms with Crippen LogP contribution in [0.1, 0.15) is 27.8 Å². The lowest BCUT2D eigenvalue weighted by atomic mass is 10.0. The molecule has 2 aromatic rings. The minimum absolute atomic E-state index is 0.969. The van der Waals surface area contributed by atoms with E-state index in [0.717, 1.165) is 16.9 Å². The monoisotopic (exact) mass is 291 g/mol. The topological polar surface area (TPSA) is 27.6 Å². The number of hydrogen-bond acceptors (Lipinski definition) is 3. The summed E-state index contributed by atoms with van der Waals surface area (Å²) in [6, 6.07) is 12.9. The van der Waals surface area contributed by atoms with E-state index in [2.05, 4.69) is 80.7 Å². The van der Waals surface area contributed by atoms with Gasteiger partial charge in [0, 0.05) is 5.56 Å². The van der Waals surface area contributed by atoms with Crippen LogP contribution in [0.3, 0.4) is 0 Å². The van der Waals surface area contributed by atoms with Gasteiger partial charge in [-0.05, 0) is 44.9 Å². The van der Waals surface area contributed by atoms with Crippen molar-refractivity contribution in [3.8, 4) is 0 Å². The first kappa shape index (κ1) is 14.4. The average molecular weight is 291 g/mol. The molecule has 1 aliphatic heterocycles. The van der Waals surface area contributed by atoms with E-state index < -0.39 is 0 Å². The Balaban J connectivity index is 1.99. The maximum atomic E-state index is 4.50. The van der Waals surface area contributed by atoms with Crippen LogP contribution in [0.25, 0.3) is 5.70 Å². The highest BCUT2D eigenvalue weighted by molar-refractivity contribution is 5.81. The van der Waals surface area contributed by atoms with Crippen molar-refractivity contribution in [3.63, 3.8) is 0 Å². The molecule has 0 unspecified atom stereocenters.